The number of aliphatic imine (C=N–C) groups is 1. The minimum atomic E-state index is -1.31. The predicted molar refractivity (Wildman–Crippen MR) is 266 cm³/mol. The first-order chi connectivity index (χ1) is 33.2. The van der Waals surface area contributed by atoms with Gasteiger partial charge in [-0.1, -0.05) is 82.3 Å². The van der Waals surface area contributed by atoms with E-state index in [1.165, 1.54) is 45.9 Å². The van der Waals surface area contributed by atoms with Gasteiger partial charge in [0, 0.05) is 72.8 Å². The van der Waals surface area contributed by atoms with Crippen LogP contribution in [0, 0.1) is 0 Å². The molecule has 2 bridgehead atoms. The average Bonchev–Trinajstić information content (AvgIpc) is 4.09. The van der Waals surface area contributed by atoms with Crippen LogP contribution in [0.4, 0.5) is 4.79 Å². The molecular formula is C47H57N13O7S2. The fourth-order valence-electron chi connectivity index (χ4n) is 8.22. The number of guanidine groups is 1. The smallest absolute Gasteiger partial charge is 0.318 e. The zero-order valence-corrected chi connectivity index (χ0v) is 39.8. The molecule has 0 unspecified atom stereocenters. The lowest BCUT2D eigenvalue weighted by molar-refractivity contribution is -0.135. The number of nitrogens with two attached hydrogens (primary N) is 2. The number of fused-ring (bicyclic) bond motifs is 4. The van der Waals surface area contributed by atoms with E-state index in [0.29, 0.717) is 17.0 Å². The SMILES string of the molecule is CC(=O)[C@@H]1CSSC[C@H]2CN(C(=O)N2)[C@H](C)C(=O)N[C@@H](Cc2cnc[nH]2)C(=O)N[C@H](Cc2ccc3ccccc3c2)C(=O)N[C@@H](CCCN=C(N)N)C(=O)N[C@@H](Cc2c[nH]c3ccccc23)C(=O)N1. The van der Waals surface area contributed by atoms with Crippen LogP contribution in [0.2, 0.25) is 0 Å². The molecule has 7 atom stereocenters. The number of amides is 7. The number of carbonyl (C=O) groups is 7. The number of benzene rings is 3. The van der Waals surface area contributed by atoms with Gasteiger partial charge in [0.1, 0.15) is 30.2 Å². The number of para-hydroxylation sites is 1. The second kappa shape index (κ2) is 23.3. The molecule has 2 saturated heterocycles. The Kier molecular flexibility index (Phi) is 16.8. The summed E-state index contributed by atoms with van der Waals surface area (Å²) in [6.07, 6.45) is 4.87. The highest BCUT2D eigenvalue weighted by atomic mass is 33.1. The molecule has 3 aromatic carbocycles. The number of hydrogen-bond donors (Lipinski definition) is 10. The molecule has 69 heavy (non-hydrogen) atoms. The van der Waals surface area contributed by atoms with Gasteiger partial charge in [0.25, 0.3) is 0 Å². The van der Waals surface area contributed by atoms with E-state index in [4.69, 9.17) is 11.5 Å². The fourth-order valence-corrected chi connectivity index (χ4v) is 10.7. The zero-order valence-electron chi connectivity index (χ0n) is 38.2. The van der Waals surface area contributed by atoms with Crippen LogP contribution in [0.3, 0.4) is 0 Å². The van der Waals surface area contributed by atoms with Gasteiger partial charge >= 0.3 is 6.03 Å². The maximum Gasteiger partial charge on any atom is 0.318 e. The minimum Gasteiger partial charge on any atom is -0.370 e. The van der Waals surface area contributed by atoms with E-state index in [9.17, 15) is 33.6 Å². The number of hydrogen-bond acceptors (Lipinski definition) is 11. The Labute approximate surface area is 405 Å². The molecule has 0 saturated carbocycles. The van der Waals surface area contributed by atoms with Crippen molar-refractivity contribution >= 4 is 90.6 Å². The summed E-state index contributed by atoms with van der Waals surface area (Å²) >= 11 is 0. The summed E-state index contributed by atoms with van der Waals surface area (Å²) < 4.78 is 0. The molecule has 0 radical (unpaired) electrons. The van der Waals surface area contributed by atoms with Gasteiger partial charge in [0.2, 0.25) is 29.5 Å². The third-order valence-corrected chi connectivity index (χ3v) is 14.5. The lowest BCUT2D eigenvalue weighted by atomic mass is 9.99. The van der Waals surface area contributed by atoms with Gasteiger partial charge in [0.15, 0.2) is 11.7 Å². The number of urea groups is 1. The lowest BCUT2D eigenvalue weighted by Gasteiger charge is -2.28. The first kappa shape index (κ1) is 49.8. The molecule has 0 aliphatic carbocycles. The Morgan fingerprint density at radius 3 is 2.13 bits per heavy atom. The largest absolute Gasteiger partial charge is 0.370 e. The Balaban J connectivity index is 1.25. The summed E-state index contributed by atoms with van der Waals surface area (Å²) in [6, 6.07) is 13.0. The minimum absolute atomic E-state index is 0.0117. The number of nitrogens with one attached hydrogen (secondary N) is 8. The number of imidazole rings is 1. The highest BCUT2D eigenvalue weighted by molar-refractivity contribution is 8.76. The van der Waals surface area contributed by atoms with Gasteiger partial charge in [-0.3, -0.25) is 33.8 Å². The van der Waals surface area contributed by atoms with Crippen molar-refractivity contribution in [3.8, 4) is 0 Å². The van der Waals surface area contributed by atoms with Gasteiger partial charge in [-0.25, -0.2) is 9.78 Å². The Morgan fingerprint density at radius 1 is 0.739 bits per heavy atom. The van der Waals surface area contributed by atoms with Crippen molar-refractivity contribution in [2.45, 2.75) is 88.2 Å². The van der Waals surface area contributed by atoms with Crippen molar-refractivity contribution in [1.29, 1.82) is 0 Å². The number of aromatic amines is 2. The fraction of sp³-hybridized carbons (Fsp3) is 0.383. The molecule has 2 fully saturated rings. The predicted octanol–water partition coefficient (Wildman–Crippen LogP) is 1.32. The summed E-state index contributed by atoms with van der Waals surface area (Å²) in [4.78, 5) is 114. The van der Waals surface area contributed by atoms with E-state index in [0.717, 1.165) is 27.2 Å². The molecule has 22 heteroatoms. The highest BCUT2D eigenvalue weighted by Gasteiger charge is 2.38. The standard InChI is InChI=1S/C47H57N13O7S2/c1-26-41(62)56-39(19-32-21-50-25-53-32)45(66)57-37(17-28-13-14-29-8-3-4-9-30(29)16-28)43(64)55-36(12-7-15-51-46(48)49)42(63)58-38(18-31-20-52-35-11-6-5-10-34(31)35)44(65)59-40(27(2)61)24-69-68-23-33-22-60(26)47(67)54-33/h3-6,8-11,13-14,16,20-21,25-26,33,36-40,52H,7,12,15,17-19,22-24H2,1-2H3,(H,50,53)(H,54,67)(H,55,64)(H,56,62)(H,57,66)(H,58,63)(H,59,65)(H4,48,49,51)/t26-,33-,36+,37-,38+,39+,40+/m1/s1. The van der Waals surface area contributed by atoms with Crippen molar-refractivity contribution in [3.63, 3.8) is 0 Å². The van der Waals surface area contributed by atoms with Gasteiger partial charge in [0.05, 0.1) is 18.4 Å². The summed E-state index contributed by atoms with van der Waals surface area (Å²) in [5, 5.41) is 19.8. The summed E-state index contributed by atoms with van der Waals surface area (Å²) in [7, 11) is 2.71. The normalized spacial score (nSPS) is 23.6. The van der Waals surface area contributed by atoms with Gasteiger partial charge in [-0.05, 0) is 54.7 Å². The number of carbonyl (C=O) groups excluding carboxylic acids is 7. The van der Waals surface area contributed by atoms with E-state index in [-0.39, 0.29) is 68.7 Å². The summed E-state index contributed by atoms with van der Waals surface area (Å²) in [5.74, 6) is -3.29. The van der Waals surface area contributed by atoms with E-state index in [2.05, 4.69) is 51.8 Å². The molecule has 12 N–H and O–H groups in total. The van der Waals surface area contributed by atoms with Gasteiger partial charge < -0.3 is 58.2 Å². The molecule has 364 valence electrons. The number of nitrogens with zero attached hydrogens (tertiary/aromatic N) is 3. The topological polar surface area (TPSA) is 304 Å². The second-order valence-electron chi connectivity index (χ2n) is 17.1. The molecule has 7 amide bonds. The molecule has 5 aromatic rings. The van der Waals surface area contributed by atoms with E-state index in [1.54, 1.807) is 13.1 Å². The van der Waals surface area contributed by atoms with Crippen LogP contribution in [0.25, 0.3) is 21.7 Å². The Bertz CT molecular complexity index is 2690. The molecule has 2 aliphatic heterocycles. The molecule has 7 rings (SSSR count). The number of rotatable bonds is 11. The summed E-state index contributed by atoms with van der Waals surface area (Å²) in [6.45, 7) is 3.22. The molecule has 20 nitrogen and oxygen atoms in total. The van der Waals surface area contributed by atoms with Crippen LogP contribution in [-0.2, 0) is 48.0 Å². The maximum absolute atomic E-state index is 14.8. The van der Waals surface area contributed by atoms with Crippen LogP contribution in [0.15, 0.2) is 90.4 Å². The second-order valence-corrected chi connectivity index (χ2v) is 19.7. The molecule has 4 heterocycles. The average molecular weight is 980 g/mol. The maximum atomic E-state index is 14.8. The van der Waals surface area contributed by atoms with Crippen LogP contribution < -0.4 is 43.4 Å². The number of H-pyrrole nitrogens is 2. The number of aromatic nitrogens is 3. The summed E-state index contributed by atoms with van der Waals surface area (Å²) in [5.41, 5.74) is 13.9. The van der Waals surface area contributed by atoms with Crippen LogP contribution in [0.5, 0.6) is 0 Å². The quantitative estimate of drug-likeness (QED) is 0.0388. The first-order valence-corrected chi connectivity index (χ1v) is 25.1. The van der Waals surface area contributed by atoms with Crippen molar-refractivity contribution in [1.82, 2.24) is 51.8 Å². The molecular weight excluding hydrogens is 923 g/mol. The number of Topliss-reactive ketones (excluding diaryl/α,β-unsaturated/α-hetero) is 1. The van der Waals surface area contributed by atoms with Crippen molar-refractivity contribution in [2.75, 3.05) is 24.6 Å². The van der Waals surface area contributed by atoms with Crippen molar-refractivity contribution in [2.24, 2.45) is 16.5 Å². The third kappa shape index (κ3) is 13.3. The van der Waals surface area contributed by atoms with Crippen LogP contribution in [-0.4, -0.2) is 134 Å². The molecule has 2 aliphatic rings. The van der Waals surface area contributed by atoms with Crippen molar-refractivity contribution < 1.29 is 33.6 Å². The lowest BCUT2D eigenvalue weighted by Crippen LogP contribution is -2.60. The Morgan fingerprint density at radius 2 is 1.39 bits per heavy atom. The van der Waals surface area contributed by atoms with Crippen molar-refractivity contribution in [3.05, 3.63) is 102 Å². The third-order valence-electron chi connectivity index (χ3n) is 12.1. The molecule has 2 aromatic heterocycles. The first-order valence-electron chi connectivity index (χ1n) is 22.6. The highest BCUT2D eigenvalue weighted by Crippen LogP contribution is 2.26. The molecule has 0 spiro atoms. The van der Waals surface area contributed by atoms with E-state index >= 15 is 0 Å². The monoisotopic (exact) mass is 979 g/mol. The van der Waals surface area contributed by atoms with E-state index in [1.807, 2.05) is 66.7 Å². The van der Waals surface area contributed by atoms with Crippen LogP contribution >= 0.6 is 21.6 Å². The van der Waals surface area contributed by atoms with E-state index < -0.39 is 71.8 Å². The Hall–Kier alpha value is -7.07. The zero-order chi connectivity index (χ0) is 49.0. The van der Waals surface area contributed by atoms with Crippen LogP contribution in [0.1, 0.15) is 43.5 Å². The van der Waals surface area contributed by atoms with Gasteiger partial charge in [-0.15, -0.1) is 0 Å². The van der Waals surface area contributed by atoms with Gasteiger partial charge in [-0.2, -0.15) is 0 Å². The number of ketones is 1.